The van der Waals surface area contributed by atoms with Gasteiger partial charge in [0.05, 0.1) is 18.4 Å². The number of rotatable bonds is 12. The lowest BCUT2D eigenvalue weighted by Crippen LogP contribution is -2.24. The second-order valence-corrected chi connectivity index (χ2v) is 8.24. The molecule has 0 saturated carbocycles. The van der Waals surface area contributed by atoms with Crippen molar-refractivity contribution in [2.24, 2.45) is 5.10 Å². The van der Waals surface area contributed by atoms with Crippen LogP contribution < -0.4 is 24.4 Å². The van der Waals surface area contributed by atoms with Gasteiger partial charge in [0.15, 0.2) is 6.61 Å². The van der Waals surface area contributed by atoms with Crippen LogP contribution in [0, 0.1) is 0 Å². The van der Waals surface area contributed by atoms with Gasteiger partial charge in [-0.2, -0.15) is 5.10 Å². The molecule has 0 bridgehead atoms. The Balaban J connectivity index is 1.17. The van der Waals surface area contributed by atoms with Gasteiger partial charge in [-0.3, -0.25) is 4.79 Å². The second-order valence-electron chi connectivity index (χ2n) is 8.24. The van der Waals surface area contributed by atoms with E-state index in [1.54, 1.807) is 72.8 Å². The molecule has 0 heterocycles. The first-order valence-electron chi connectivity index (χ1n) is 12.4. The van der Waals surface area contributed by atoms with Gasteiger partial charge in [0.25, 0.3) is 5.91 Å². The van der Waals surface area contributed by atoms with Crippen molar-refractivity contribution >= 4 is 18.1 Å². The number of amides is 1. The lowest BCUT2D eigenvalue weighted by molar-refractivity contribution is -0.123. The van der Waals surface area contributed by atoms with E-state index in [0.717, 1.165) is 5.56 Å². The molecule has 0 aromatic heterocycles. The standard InChI is InChI=1S/C31H28N2O6/c1-2-36-26-14-10-25(11-15-26)31(35)39-29-12-8-23(9-13-29)20-32-33-30(34)22-38-28-18-16-27(17-19-28)37-21-24-6-4-3-5-7-24/h3-20H,2,21-22H2,1H3,(H,33,34)/b32-20-. The summed E-state index contributed by atoms with van der Waals surface area (Å²) in [5.74, 6) is 1.45. The zero-order valence-electron chi connectivity index (χ0n) is 21.4. The van der Waals surface area contributed by atoms with Gasteiger partial charge in [0, 0.05) is 0 Å². The Morgan fingerprint density at radius 3 is 1.97 bits per heavy atom. The molecule has 1 amide bonds. The molecule has 198 valence electrons. The number of esters is 1. The maximum absolute atomic E-state index is 12.3. The van der Waals surface area contributed by atoms with Crippen molar-refractivity contribution < 1.29 is 28.5 Å². The van der Waals surface area contributed by atoms with E-state index in [1.807, 2.05) is 37.3 Å². The summed E-state index contributed by atoms with van der Waals surface area (Å²) in [5.41, 5.74) is 4.63. The van der Waals surface area contributed by atoms with Crippen LogP contribution in [-0.4, -0.2) is 31.3 Å². The van der Waals surface area contributed by atoms with Gasteiger partial charge in [-0.05, 0) is 90.8 Å². The molecule has 4 aromatic carbocycles. The molecule has 0 atom stereocenters. The highest BCUT2D eigenvalue weighted by Gasteiger charge is 2.09. The van der Waals surface area contributed by atoms with Crippen LogP contribution in [0.2, 0.25) is 0 Å². The fraction of sp³-hybridized carbons (Fsp3) is 0.129. The van der Waals surface area contributed by atoms with Crippen molar-refractivity contribution in [1.29, 1.82) is 0 Å². The second kappa shape index (κ2) is 14.0. The highest BCUT2D eigenvalue weighted by atomic mass is 16.5. The lowest BCUT2D eigenvalue weighted by Gasteiger charge is -2.08. The topological polar surface area (TPSA) is 95.5 Å². The van der Waals surface area contributed by atoms with E-state index in [2.05, 4.69) is 10.5 Å². The zero-order chi connectivity index (χ0) is 27.3. The maximum Gasteiger partial charge on any atom is 0.343 e. The fourth-order valence-electron chi connectivity index (χ4n) is 3.37. The summed E-state index contributed by atoms with van der Waals surface area (Å²) in [7, 11) is 0. The number of carbonyl (C=O) groups is 2. The molecule has 4 aromatic rings. The van der Waals surface area contributed by atoms with Crippen LogP contribution in [0.3, 0.4) is 0 Å². The van der Waals surface area contributed by atoms with Crippen molar-refractivity contribution in [2.75, 3.05) is 13.2 Å². The van der Waals surface area contributed by atoms with Gasteiger partial charge < -0.3 is 18.9 Å². The number of ether oxygens (including phenoxy) is 4. The maximum atomic E-state index is 12.3. The predicted octanol–water partition coefficient (Wildman–Crippen LogP) is 5.41. The number of hydrogen-bond donors (Lipinski definition) is 1. The van der Waals surface area contributed by atoms with E-state index >= 15 is 0 Å². The molecule has 8 nitrogen and oxygen atoms in total. The van der Waals surface area contributed by atoms with Crippen molar-refractivity contribution in [3.8, 4) is 23.0 Å². The summed E-state index contributed by atoms with van der Waals surface area (Å²) in [5, 5.41) is 3.94. The lowest BCUT2D eigenvalue weighted by atomic mass is 10.2. The van der Waals surface area contributed by atoms with Gasteiger partial charge >= 0.3 is 5.97 Å². The molecule has 1 N–H and O–H groups in total. The monoisotopic (exact) mass is 524 g/mol. The SMILES string of the molecule is CCOc1ccc(C(=O)Oc2ccc(/C=N\NC(=O)COc3ccc(OCc4ccccc4)cc3)cc2)cc1. The molecule has 39 heavy (non-hydrogen) atoms. The van der Waals surface area contributed by atoms with Gasteiger partial charge in [0.2, 0.25) is 0 Å². The highest BCUT2D eigenvalue weighted by Crippen LogP contribution is 2.19. The molecule has 0 unspecified atom stereocenters. The molecular formula is C31H28N2O6. The number of benzene rings is 4. The van der Waals surface area contributed by atoms with Crippen molar-refractivity contribution in [1.82, 2.24) is 5.43 Å². The number of hydrazone groups is 1. The Bertz CT molecular complexity index is 1370. The molecule has 4 rings (SSSR count). The van der Waals surface area contributed by atoms with Crippen LogP contribution in [0.15, 0.2) is 108 Å². The van der Waals surface area contributed by atoms with Crippen LogP contribution in [0.25, 0.3) is 0 Å². The highest BCUT2D eigenvalue weighted by molar-refractivity contribution is 5.91. The van der Waals surface area contributed by atoms with E-state index in [0.29, 0.717) is 47.3 Å². The third-order valence-electron chi connectivity index (χ3n) is 5.34. The molecule has 0 spiro atoms. The minimum atomic E-state index is -0.471. The largest absolute Gasteiger partial charge is 0.494 e. The van der Waals surface area contributed by atoms with E-state index in [-0.39, 0.29) is 6.61 Å². The number of nitrogens with zero attached hydrogens (tertiary/aromatic N) is 1. The minimum absolute atomic E-state index is 0.192. The Morgan fingerprint density at radius 1 is 0.718 bits per heavy atom. The van der Waals surface area contributed by atoms with Gasteiger partial charge in [0.1, 0.15) is 29.6 Å². The minimum Gasteiger partial charge on any atom is -0.494 e. The molecule has 0 aliphatic rings. The first-order valence-corrected chi connectivity index (χ1v) is 12.4. The van der Waals surface area contributed by atoms with Crippen molar-refractivity contribution in [3.63, 3.8) is 0 Å². The van der Waals surface area contributed by atoms with E-state index in [1.165, 1.54) is 6.21 Å². The van der Waals surface area contributed by atoms with E-state index in [4.69, 9.17) is 18.9 Å². The van der Waals surface area contributed by atoms with Gasteiger partial charge in [-0.1, -0.05) is 30.3 Å². The van der Waals surface area contributed by atoms with Gasteiger partial charge in [-0.25, -0.2) is 10.2 Å². The Kier molecular flexibility index (Phi) is 9.67. The van der Waals surface area contributed by atoms with Crippen LogP contribution in [0.1, 0.15) is 28.4 Å². The fourth-order valence-corrected chi connectivity index (χ4v) is 3.37. The van der Waals surface area contributed by atoms with Crippen LogP contribution in [-0.2, 0) is 11.4 Å². The molecule has 0 aliphatic heterocycles. The van der Waals surface area contributed by atoms with Crippen LogP contribution in [0.4, 0.5) is 0 Å². The third kappa shape index (κ3) is 8.75. The summed E-state index contributed by atoms with van der Waals surface area (Å²) in [4.78, 5) is 24.4. The average Bonchev–Trinajstić information content (AvgIpc) is 2.97. The Morgan fingerprint density at radius 2 is 1.31 bits per heavy atom. The Labute approximate surface area is 226 Å². The molecule has 0 aliphatic carbocycles. The summed E-state index contributed by atoms with van der Waals surface area (Å²) >= 11 is 0. The van der Waals surface area contributed by atoms with Crippen molar-refractivity contribution in [2.45, 2.75) is 13.5 Å². The first kappa shape index (κ1) is 26.9. The molecule has 0 fully saturated rings. The third-order valence-corrected chi connectivity index (χ3v) is 5.34. The van der Waals surface area contributed by atoms with Gasteiger partial charge in [-0.15, -0.1) is 0 Å². The van der Waals surface area contributed by atoms with E-state index < -0.39 is 11.9 Å². The number of carbonyl (C=O) groups excluding carboxylic acids is 2. The number of hydrogen-bond acceptors (Lipinski definition) is 7. The number of nitrogens with one attached hydrogen (secondary N) is 1. The first-order chi connectivity index (χ1) is 19.1. The summed E-state index contributed by atoms with van der Waals surface area (Å²) in [6, 6.07) is 30.4. The van der Waals surface area contributed by atoms with Crippen LogP contribution in [0.5, 0.6) is 23.0 Å². The molecular weight excluding hydrogens is 496 g/mol. The van der Waals surface area contributed by atoms with Crippen LogP contribution >= 0.6 is 0 Å². The van der Waals surface area contributed by atoms with Crippen molar-refractivity contribution in [3.05, 3.63) is 120 Å². The zero-order valence-corrected chi connectivity index (χ0v) is 21.4. The normalized spacial score (nSPS) is 10.6. The summed E-state index contributed by atoms with van der Waals surface area (Å²) in [6.07, 6.45) is 1.48. The summed E-state index contributed by atoms with van der Waals surface area (Å²) in [6.45, 7) is 2.73. The molecule has 0 radical (unpaired) electrons. The smallest absolute Gasteiger partial charge is 0.343 e. The predicted molar refractivity (Wildman–Crippen MR) is 147 cm³/mol. The quantitative estimate of drug-likeness (QED) is 0.115. The molecule has 8 heteroatoms. The Hall–Kier alpha value is -5.11. The van der Waals surface area contributed by atoms with E-state index in [9.17, 15) is 9.59 Å². The average molecular weight is 525 g/mol. The molecule has 0 saturated heterocycles. The summed E-state index contributed by atoms with van der Waals surface area (Å²) < 4.78 is 22.0.